The molecule has 0 amide bonds. The molecular weight excluding hydrogens is 329 g/mol. The quantitative estimate of drug-likeness (QED) is 0.887. The molecule has 8 heteroatoms. The van der Waals surface area contributed by atoms with Gasteiger partial charge in [0.05, 0.1) is 16.8 Å². The zero-order valence-corrected chi connectivity index (χ0v) is 13.5. The average Bonchev–Trinajstić information content (AvgIpc) is 3.17. The third kappa shape index (κ3) is 3.49. The molecule has 3 unspecified atom stereocenters. The first-order valence-electron chi connectivity index (χ1n) is 7.24. The second-order valence-electron chi connectivity index (χ2n) is 6.05. The van der Waals surface area contributed by atoms with Crippen molar-refractivity contribution < 1.29 is 21.2 Å². The first-order valence-corrected chi connectivity index (χ1v) is 10.6. The Morgan fingerprint density at radius 3 is 2.73 bits per heavy atom. The Kier molecular flexibility index (Phi) is 4.03. The number of hydrogen-bond acceptors (Lipinski definition) is 4. The monoisotopic (exact) mass is 347 g/mol. The van der Waals surface area contributed by atoms with Crippen molar-refractivity contribution in [3.8, 4) is 0 Å². The molecule has 1 saturated heterocycles. The fraction of sp³-hybridized carbons (Fsp3) is 0.571. The van der Waals surface area contributed by atoms with Gasteiger partial charge in [0.2, 0.25) is 10.0 Å². The van der Waals surface area contributed by atoms with Gasteiger partial charge >= 0.3 is 0 Å². The van der Waals surface area contributed by atoms with Gasteiger partial charge in [-0.25, -0.2) is 25.9 Å². The zero-order chi connectivity index (χ0) is 16.0. The van der Waals surface area contributed by atoms with Gasteiger partial charge in [-0.2, -0.15) is 0 Å². The van der Waals surface area contributed by atoms with E-state index in [9.17, 15) is 21.2 Å². The predicted octanol–water partition coefficient (Wildman–Crippen LogP) is 1.18. The summed E-state index contributed by atoms with van der Waals surface area (Å²) in [4.78, 5) is 0. The van der Waals surface area contributed by atoms with E-state index in [0.717, 1.165) is 0 Å². The molecular formula is C14H18FNO4S2. The van der Waals surface area contributed by atoms with Gasteiger partial charge in [0.25, 0.3) is 0 Å². The molecule has 0 aromatic heterocycles. The van der Waals surface area contributed by atoms with E-state index in [1.807, 2.05) is 0 Å². The summed E-state index contributed by atoms with van der Waals surface area (Å²) in [5, 5.41) is -0.598. The molecule has 1 N–H and O–H groups in total. The Hall–Kier alpha value is -0.990. The normalized spacial score (nSPS) is 30.9. The van der Waals surface area contributed by atoms with Crippen LogP contribution < -0.4 is 4.72 Å². The summed E-state index contributed by atoms with van der Waals surface area (Å²) in [5.74, 6) is -0.607. The van der Waals surface area contributed by atoms with Crippen LogP contribution in [0.4, 0.5) is 4.39 Å². The summed E-state index contributed by atoms with van der Waals surface area (Å²) >= 11 is 0. The topological polar surface area (TPSA) is 80.3 Å². The van der Waals surface area contributed by atoms with Crippen LogP contribution in [0.5, 0.6) is 0 Å². The lowest BCUT2D eigenvalue weighted by molar-refractivity contribution is 0.516. The molecule has 22 heavy (non-hydrogen) atoms. The molecule has 5 nitrogen and oxygen atoms in total. The number of hydrogen-bond donors (Lipinski definition) is 1. The molecule has 1 aliphatic heterocycles. The first-order chi connectivity index (χ1) is 10.3. The highest BCUT2D eigenvalue weighted by Crippen LogP contribution is 2.45. The average molecular weight is 347 g/mol. The van der Waals surface area contributed by atoms with Crippen LogP contribution in [0.15, 0.2) is 24.3 Å². The summed E-state index contributed by atoms with van der Waals surface area (Å²) in [6, 6.07) is 5.41. The number of sulfonamides is 1. The van der Waals surface area contributed by atoms with E-state index in [-0.39, 0.29) is 23.2 Å². The molecule has 0 radical (unpaired) electrons. The molecule has 0 bridgehead atoms. The molecule has 3 rings (SSSR count). The highest BCUT2D eigenvalue weighted by atomic mass is 32.2. The van der Waals surface area contributed by atoms with Crippen LogP contribution in [0.25, 0.3) is 0 Å². The second kappa shape index (κ2) is 5.58. The minimum Gasteiger partial charge on any atom is -0.229 e. The summed E-state index contributed by atoms with van der Waals surface area (Å²) in [6.45, 7) is 0. The van der Waals surface area contributed by atoms with E-state index < -0.39 is 31.2 Å². The molecule has 1 saturated carbocycles. The van der Waals surface area contributed by atoms with Crippen LogP contribution in [-0.2, 0) is 19.9 Å². The lowest BCUT2D eigenvalue weighted by atomic mass is 10.1. The SMILES string of the molecule is O=S1(=O)CCCC(NS(=O)(=O)C2CC2c2cccc(F)c2)C1. The predicted molar refractivity (Wildman–Crippen MR) is 81.3 cm³/mol. The summed E-state index contributed by atoms with van der Waals surface area (Å²) in [5.41, 5.74) is 0.673. The number of sulfone groups is 1. The highest BCUT2D eigenvalue weighted by molar-refractivity contribution is 7.92. The number of halogens is 1. The Labute approximate surface area is 129 Å². The van der Waals surface area contributed by atoms with E-state index in [1.54, 1.807) is 12.1 Å². The van der Waals surface area contributed by atoms with Crippen LogP contribution in [0.1, 0.15) is 30.7 Å². The molecule has 1 aliphatic carbocycles. The highest BCUT2D eigenvalue weighted by Gasteiger charge is 2.49. The zero-order valence-electron chi connectivity index (χ0n) is 11.9. The van der Waals surface area contributed by atoms with Crippen LogP contribution in [0, 0.1) is 5.82 Å². The molecule has 2 fully saturated rings. The number of nitrogens with one attached hydrogen (secondary N) is 1. The molecule has 2 aliphatic rings. The lowest BCUT2D eigenvalue weighted by Gasteiger charge is -2.22. The van der Waals surface area contributed by atoms with Crippen molar-refractivity contribution >= 4 is 19.9 Å². The Morgan fingerprint density at radius 1 is 1.27 bits per heavy atom. The van der Waals surface area contributed by atoms with E-state index >= 15 is 0 Å². The minimum atomic E-state index is -3.58. The molecule has 122 valence electrons. The molecule has 0 spiro atoms. The first kappa shape index (κ1) is 15.9. The van der Waals surface area contributed by atoms with Crippen molar-refractivity contribution in [2.75, 3.05) is 11.5 Å². The van der Waals surface area contributed by atoms with Gasteiger partial charge in [-0.05, 0) is 37.0 Å². The van der Waals surface area contributed by atoms with Gasteiger partial charge in [-0.1, -0.05) is 12.1 Å². The summed E-state index contributed by atoms with van der Waals surface area (Å²) in [6.07, 6.45) is 1.46. The maximum absolute atomic E-state index is 13.2. The van der Waals surface area contributed by atoms with Crippen LogP contribution in [0.3, 0.4) is 0 Å². The van der Waals surface area contributed by atoms with Crippen LogP contribution in [0.2, 0.25) is 0 Å². The van der Waals surface area contributed by atoms with Crippen molar-refractivity contribution in [1.29, 1.82) is 0 Å². The van der Waals surface area contributed by atoms with Gasteiger partial charge < -0.3 is 0 Å². The van der Waals surface area contributed by atoms with Crippen LogP contribution >= 0.6 is 0 Å². The lowest BCUT2D eigenvalue weighted by Crippen LogP contribution is -2.44. The van der Waals surface area contributed by atoms with Crippen molar-refractivity contribution in [1.82, 2.24) is 4.72 Å². The van der Waals surface area contributed by atoms with Gasteiger partial charge in [-0.15, -0.1) is 0 Å². The van der Waals surface area contributed by atoms with Gasteiger partial charge in [0.1, 0.15) is 5.82 Å². The van der Waals surface area contributed by atoms with E-state index in [2.05, 4.69) is 4.72 Å². The largest absolute Gasteiger partial charge is 0.229 e. The van der Waals surface area contributed by atoms with E-state index in [1.165, 1.54) is 12.1 Å². The number of rotatable bonds is 4. The van der Waals surface area contributed by atoms with Crippen LogP contribution in [-0.4, -0.2) is 39.6 Å². The van der Waals surface area contributed by atoms with E-state index in [0.29, 0.717) is 24.8 Å². The summed E-state index contributed by atoms with van der Waals surface area (Å²) in [7, 11) is -6.74. The maximum atomic E-state index is 13.2. The second-order valence-corrected chi connectivity index (χ2v) is 10.2. The third-order valence-corrected chi connectivity index (χ3v) is 8.00. The fourth-order valence-corrected chi connectivity index (χ4v) is 6.67. The third-order valence-electron chi connectivity index (χ3n) is 4.20. The van der Waals surface area contributed by atoms with Gasteiger partial charge in [0, 0.05) is 12.0 Å². The summed E-state index contributed by atoms with van der Waals surface area (Å²) < 4.78 is 63.6. The maximum Gasteiger partial charge on any atom is 0.215 e. The standard InChI is InChI=1S/C14H18FNO4S2/c15-11-4-1-3-10(7-11)13-8-14(13)22(19,20)16-12-5-2-6-21(17,18)9-12/h1,3-4,7,12-14,16H,2,5-6,8-9H2. The van der Waals surface area contributed by atoms with Crippen molar-refractivity contribution in [3.05, 3.63) is 35.6 Å². The van der Waals surface area contributed by atoms with Gasteiger partial charge in [0.15, 0.2) is 9.84 Å². The number of benzene rings is 1. The smallest absolute Gasteiger partial charge is 0.215 e. The molecule has 1 aromatic rings. The van der Waals surface area contributed by atoms with Crippen molar-refractivity contribution in [2.24, 2.45) is 0 Å². The Morgan fingerprint density at radius 2 is 2.05 bits per heavy atom. The molecule has 1 aromatic carbocycles. The minimum absolute atomic E-state index is 0.126. The Bertz CT molecular complexity index is 776. The van der Waals surface area contributed by atoms with Gasteiger partial charge in [-0.3, -0.25) is 0 Å². The van der Waals surface area contributed by atoms with Crippen molar-refractivity contribution in [3.63, 3.8) is 0 Å². The fourth-order valence-electron chi connectivity index (χ4n) is 3.04. The molecule has 3 atom stereocenters. The molecule has 1 heterocycles. The van der Waals surface area contributed by atoms with E-state index in [4.69, 9.17) is 0 Å². The Balaban J connectivity index is 1.68. The van der Waals surface area contributed by atoms with Crippen molar-refractivity contribution in [2.45, 2.75) is 36.5 Å².